The third-order valence-corrected chi connectivity index (χ3v) is 8.35. The third kappa shape index (κ3) is 8.36. The number of unbranched alkanes of at least 4 members (excludes halogenated alkanes) is 1. The monoisotopic (exact) mass is 573 g/mol. The summed E-state index contributed by atoms with van der Waals surface area (Å²) in [5.74, 6) is -1.55. The average Bonchev–Trinajstić information content (AvgIpc) is 2.92. The first-order chi connectivity index (χ1) is 18.6. The number of amides is 2. The predicted octanol–water partition coefficient (Wildman–Crippen LogP) is 4.66. The third-order valence-electron chi connectivity index (χ3n) is 6.28. The second-order valence-electron chi connectivity index (χ2n) is 9.18. The first-order valence-corrected chi connectivity index (χ1v) is 14.5. The molecule has 0 aliphatic heterocycles. The summed E-state index contributed by atoms with van der Waals surface area (Å²) in [6, 6.07) is 19.8. The second-order valence-corrected chi connectivity index (χ2v) is 11.7. The number of hydrogen-bond acceptors (Lipinski definition) is 4. The van der Waals surface area contributed by atoms with Crippen LogP contribution in [0.15, 0.2) is 83.8 Å². The van der Waals surface area contributed by atoms with Gasteiger partial charge in [-0.1, -0.05) is 73.5 Å². The van der Waals surface area contributed by atoms with E-state index in [1.807, 2.05) is 37.3 Å². The standard InChI is InChI=1S/C29H33ClFN3O4S/c1-3-4-18-32-29(36)27(19-22-10-6-5-7-11-22)34(20-23-12-8-9-13-26(23)31)28(35)21-33(2)39(37,38)25-16-14-24(30)15-17-25/h5-17,27H,3-4,18-21H2,1-2H3,(H,32,36)/t27-/m0/s1. The zero-order valence-corrected chi connectivity index (χ0v) is 23.6. The molecule has 7 nitrogen and oxygen atoms in total. The van der Waals surface area contributed by atoms with Crippen LogP contribution in [0.1, 0.15) is 30.9 Å². The predicted molar refractivity (Wildman–Crippen MR) is 150 cm³/mol. The molecule has 0 saturated carbocycles. The Balaban J connectivity index is 1.96. The smallest absolute Gasteiger partial charge is 0.243 e. The number of nitrogens with zero attached hydrogens (tertiary/aromatic N) is 2. The molecular formula is C29H33ClFN3O4S. The molecule has 1 atom stereocenters. The van der Waals surface area contributed by atoms with Gasteiger partial charge in [-0.15, -0.1) is 0 Å². The van der Waals surface area contributed by atoms with Crippen LogP contribution in [0.2, 0.25) is 5.02 Å². The normalized spacial score (nSPS) is 12.2. The van der Waals surface area contributed by atoms with Gasteiger partial charge in [0, 0.05) is 37.1 Å². The van der Waals surface area contributed by atoms with Crippen LogP contribution in [0.5, 0.6) is 0 Å². The largest absolute Gasteiger partial charge is 0.354 e. The van der Waals surface area contributed by atoms with Crippen molar-refractivity contribution in [1.82, 2.24) is 14.5 Å². The van der Waals surface area contributed by atoms with E-state index < -0.39 is 34.3 Å². The van der Waals surface area contributed by atoms with E-state index in [1.165, 1.54) is 48.3 Å². The Morgan fingerprint density at radius 1 is 0.974 bits per heavy atom. The number of likely N-dealkylation sites (N-methyl/N-ethyl adjacent to an activating group) is 1. The fourth-order valence-corrected chi connectivity index (χ4v) is 5.27. The van der Waals surface area contributed by atoms with Crippen molar-refractivity contribution >= 4 is 33.4 Å². The molecule has 1 N–H and O–H groups in total. The van der Waals surface area contributed by atoms with E-state index in [2.05, 4.69) is 5.32 Å². The van der Waals surface area contributed by atoms with Crippen molar-refractivity contribution in [2.75, 3.05) is 20.1 Å². The summed E-state index contributed by atoms with van der Waals surface area (Å²) < 4.78 is 41.9. The zero-order valence-electron chi connectivity index (χ0n) is 22.0. The molecule has 0 saturated heterocycles. The van der Waals surface area contributed by atoms with Crippen LogP contribution in [0, 0.1) is 5.82 Å². The van der Waals surface area contributed by atoms with Crippen LogP contribution in [-0.4, -0.2) is 55.6 Å². The molecule has 3 aromatic rings. The number of carbonyl (C=O) groups is 2. The highest BCUT2D eigenvalue weighted by atomic mass is 35.5. The van der Waals surface area contributed by atoms with E-state index in [1.54, 1.807) is 12.1 Å². The fourth-order valence-electron chi connectivity index (χ4n) is 4.02. The maximum absolute atomic E-state index is 14.7. The van der Waals surface area contributed by atoms with Crippen LogP contribution in [-0.2, 0) is 32.6 Å². The van der Waals surface area contributed by atoms with Crippen molar-refractivity contribution < 1.29 is 22.4 Å². The minimum Gasteiger partial charge on any atom is -0.354 e. The molecule has 0 heterocycles. The van der Waals surface area contributed by atoms with Crippen molar-refractivity contribution in [3.05, 3.63) is 101 Å². The highest BCUT2D eigenvalue weighted by Crippen LogP contribution is 2.20. The molecule has 0 aliphatic carbocycles. The van der Waals surface area contributed by atoms with E-state index in [9.17, 15) is 22.4 Å². The molecule has 10 heteroatoms. The quantitative estimate of drug-likeness (QED) is 0.301. The van der Waals surface area contributed by atoms with Gasteiger partial charge >= 0.3 is 0 Å². The van der Waals surface area contributed by atoms with E-state index in [-0.39, 0.29) is 29.3 Å². The number of hydrogen-bond donors (Lipinski definition) is 1. The lowest BCUT2D eigenvalue weighted by Crippen LogP contribution is -2.53. The second kappa shape index (κ2) is 14.2. The maximum Gasteiger partial charge on any atom is 0.243 e. The Hall–Kier alpha value is -3.27. The molecule has 0 fully saturated rings. The Labute approximate surface area is 234 Å². The summed E-state index contributed by atoms with van der Waals surface area (Å²) >= 11 is 5.90. The topological polar surface area (TPSA) is 86.8 Å². The van der Waals surface area contributed by atoms with Crippen LogP contribution in [0.3, 0.4) is 0 Å². The van der Waals surface area contributed by atoms with Crippen LogP contribution in [0.25, 0.3) is 0 Å². The molecule has 0 bridgehead atoms. The average molecular weight is 574 g/mol. The summed E-state index contributed by atoms with van der Waals surface area (Å²) in [5, 5.41) is 3.26. The Morgan fingerprint density at radius 2 is 1.62 bits per heavy atom. The molecule has 39 heavy (non-hydrogen) atoms. The number of carbonyl (C=O) groups excluding carboxylic acids is 2. The molecule has 0 aromatic heterocycles. The lowest BCUT2D eigenvalue weighted by atomic mass is 10.0. The molecule has 0 spiro atoms. The van der Waals surface area contributed by atoms with Crippen molar-refractivity contribution in [2.45, 2.75) is 43.7 Å². The van der Waals surface area contributed by atoms with Crippen molar-refractivity contribution in [3.63, 3.8) is 0 Å². The van der Waals surface area contributed by atoms with Gasteiger partial charge in [0.25, 0.3) is 0 Å². The SMILES string of the molecule is CCCCNC(=O)[C@H](Cc1ccccc1)N(Cc1ccccc1F)C(=O)CN(C)S(=O)(=O)c1ccc(Cl)cc1. The molecule has 208 valence electrons. The van der Waals surface area contributed by atoms with Crippen LogP contribution < -0.4 is 5.32 Å². The van der Waals surface area contributed by atoms with Crippen molar-refractivity contribution in [2.24, 2.45) is 0 Å². The summed E-state index contributed by atoms with van der Waals surface area (Å²) in [6.45, 7) is 1.66. The summed E-state index contributed by atoms with van der Waals surface area (Å²) in [4.78, 5) is 28.4. The highest BCUT2D eigenvalue weighted by molar-refractivity contribution is 7.89. The fraction of sp³-hybridized carbons (Fsp3) is 0.310. The Kier molecular flexibility index (Phi) is 11.0. The van der Waals surface area contributed by atoms with Crippen molar-refractivity contribution in [3.8, 4) is 0 Å². The minimum atomic E-state index is -4.04. The maximum atomic E-state index is 14.7. The van der Waals surface area contributed by atoms with Gasteiger partial charge in [-0.2, -0.15) is 4.31 Å². The van der Waals surface area contributed by atoms with Gasteiger partial charge in [-0.3, -0.25) is 9.59 Å². The van der Waals surface area contributed by atoms with E-state index in [0.29, 0.717) is 11.6 Å². The van der Waals surface area contributed by atoms with Crippen LogP contribution >= 0.6 is 11.6 Å². The number of rotatable bonds is 13. The molecule has 3 aromatic carbocycles. The number of halogens is 2. The Morgan fingerprint density at radius 3 is 2.26 bits per heavy atom. The zero-order chi connectivity index (χ0) is 28.4. The summed E-state index contributed by atoms with van der Waals surface area (Å²) in [6.07, 6.45) is 1.80. The van der Waals surface area contributed by atoms with E-state index in [4.69, 9.17) is 11.6 Å². The molecule has 3 rings (SSSR count). The van der Waals surface area contributed by atoms with Gasteiger partial charge in [0.1, 0.15) is 11.9 Å². The van der Waals surface area contributed by atoms with Crippen molar-refractivity contribution in [1.29, 1.82) is 0 Å². The van der Waals surface area contributed by atoms with Gasteiger partial charge in [0.2, 0.25) is 21.8 Å². The summed E-state index contributed by atoms with van der Waals surface area (Å²) in [7, 11) is -2.75. The molecule has 2 amide bonds. The first kappa shape index (κ1) is 30.3. The molecule has 0 aliphatic rings. The van der Waals surface area contributed by atoms with Gasteiger partial charge in [-0.05, 0) is 42.3 Å². The molecule has 0 unspecified atom stereocenters. The van der Waals surface area contributed by atoms with Gasteiger partial charge in [-0.25, -0.2) is 12.8 Å². The number of nitrogens with one attached hydrogen (secondary N) is 1. The van der Waals surface area contributed by atoms with Gasteiger partial charge in [0.15, 0.2) is 0 Å². The lowest BCUT2D eigenvalue weighted by Gasteiger charge is -2.32. The van der Waals surface area contributed by atoms with Gasteiger partial charge in [0.05, 0.1) is 11.4 Å². The summed E-state index contributed by atoms with van der Waals surface area (Å²) in [5.41, 5.74) is 1.02. The van der Waals surface area contributed by atoms with E-state index in [0.717, 1.165) is 22.7 Å². The first-order valence-electron chi connectivity index (χ1n) is 12.7. The molecule has 0 radical (unpaired) electrons. The highest BCUT2D eigenvalue weighted by Gasteiger charge is 2.33. The van der Waals surface area contributed by atoms with Gasteiger partial charge < -0.3 is 10.2 Å². The minimum absolute atomic E-state index is 0.0269. The Bertz CT molecular complexity index is 1350. The number of sulfonamides is 1. The lowest BCUT2D eigenvalue weighted by molar-refractivity contribution is -0.141. The number of benzene rings is 3. The van der Waals surface area contributed by atoms with Crippen LogP contribution in [0.4, 0.5) is 4.39 Å². The van der Waals surface area contributed by atoms with E-state index >= 15 is 0 Å². The molecular weight excluding hydrogens is 541 g/mol.